The van der Waals surface area contributed by atoms with Gasteiger partial charge in [-0.2, -0.15) is 5.10 Å². The van der Waals surface area contributed by atoms with Gasteiger partial charge in [-0.15, -0.1) is 0 Å². The number of para-hydroxylation sites is 1. The molecule has 0 saturated heterocycles. The molecule has 0 bridgehead atoms. The fraction of sp³-hybridized carbons (Fsp3) is 0.214. The molecule has 7 nitrogen and oxygen atoms in total. The highest BCUT2D eigenvalue weighted by molar-refractivity contribution is 6.00. The highest BCUT2D eigenvalue weighted by Gasteiger charge is 2.23. The zero-order chi connectivity index (χ0) is 25.7. The minimum absolute atomic E-state index is 0.215. The number of nitrogens with zero attached hydrogens (tertiary/aromatic N) is 3. The fourth-order valence-electron chi connectivity index (χ4n) is 4.04. The Kier molecular flexibility index (Phi) is 7.65. The number of carbonyl (C=O) groups excluding carboxylic acids is 1. The maximum absolute atomic E-state index is 13.8. The van der Waals surface area contributed by atoms with Gasteiger partial charge in [0.1, 0.15) is 23.0 Å². The Morgan fingerprint density at radius 3 is 2.47 bits per heavy atom. The number of likely N-dealkylation sites (N-methyl/N-ethyl adjacent to an activating group) is 1. The van der Waals surface area contributed by atoms with Gasteiger partial charge >= 0.3 is 0 Å². The molecule has 0 radical (unpaired) electrons. The summed E-state index contributed by atoms with van der Waals surface area (Å²) in [5.41, 5.74) is 3.11. The molecule has 1 unspecified atom stereocenters. The van der Waals surface area contributed by atoms with E-state index in [0.717, 1.165) is 11.3 Å². The lowest BCUT2D eigenvalue weighted by molar-refractivity contribution is 0.0942. The van der Waals surface area contributed by atoms with Gasteiger partial charge in [-0.05, 0) is 56.1 Å². The summed E-state index contributed by atoms with van der Waals surface area (Å²) in [4.78, 5) is 15.4. The van der Waals surface area contributed by atoms with Gasteiger partial charge in [0.25, 0.3) is 5.91 Å². The Bertz CT molecular complexity index is 1340. The summed E-state index contributed by atoms with van der Waals surface area (Å²) in [5, 5.41) is 7.75. The van der Waals surface area contributed by atoms with Gasteiger partial charge in [0.05, 0.1) is 31.5 Å². The van der Waals surface area contributed by atoms with E-state index < -0.39 is 0 Å². The second kappa shape index (κ2) is 11.0. The zero-order valence-corrected chi connectivity index (χ0v) is 20.7. The van der Waals surface area contributed by atoms with Crippen LogP contribution < -0.4 is 14.8 Å². The smallest absolute Gasteiger partial charge is 0.255 e. The molecular formula is C28H29FN4O3. The average molecular weight is 489 g/mol. The number of benzene rings is 3. The van der Waals surface area contributed by atoms with E-state index in [-0.39, 0.29) is 24.3 Å². The molecule has 0 aliphatic carbocycles. The normalized spacial score (nSPS) is 11.8. The van der Waals surface area contributed by atoms with Crippen molar-refractivity contribution in [3.05, 3.63) is 95.9 Å². The van der Waals surface area contributed by atoms with Gasteiger partial charge in [-0.25, -0.2) is 9.07 Å². The van der Waals surface area contributed by atoms with Crippen molar-refractivity contribution in [1.82, 2.24) is 20.0 Å². The van der Waals surface area contributed by atoms with Crippen molar-refractivity contribution in [3.63, 3.8) is 0 Å². The number of hydrogen-bond acceptors (Lipinski definition) is 5. The van der Waals surface area contributed by atoms with Crippen LogP contribution in [0.4, 0.5) is 4.39 Å². The van der Waals surface area contributed by atoms with Crippen molar-refractivity contribution in [2.75, 3.05) is 34.9 Å². The molecule has 36 heavy (non-hydrogen) atoms. The van der Waals surface area contributed by atoms with Gasteiger partial charge in [-0.1, -0.05) is 30.3 Å². The summed E-state index contributed by atoms with van der Waals surface area (Å²) >= 11 is 0. The van der Waals surface area contributed by atoms with Crippen LogP contribution in [0.25, 0.3) is 16.9 Å². The molecule has 1 amide bonds. The quantitative estimate of drug-likeness (QED) is 0.369. The predicted molar refractivity (Wildman–Crippen MR) is 137 cm³/mol. The lowest BCUT2D eigenvalue weighted by Crippen LogP contribution is -2.34. The van der Waals surface area contributed by atoms with Crippen molar-refractivity contribution >= 4 is 5.91 Å². The summed E-state index contributed by atoms with van der Waals surface area (Å²) in [6.45, 7) is 0.283. The first kappa shape index (κ1) is 24.9. The molecule has 0 aliphatic heterocycles. The first-order chi connectivity index (χ1) is 17.4. The second-order valence-corrected chi connectivity index (χ2v) is 8.48. The molecule has 1 atom stereocenters. The highest BCUT2D eigenvalue weighted by atomic mass is 19.1. The van der Waals surface area contributed by atoms with Crippen LogP contribution in [0.5, 0.6) is 11.5 Å². The Morgan fingerprint density at radius 2 is 1.81 bits per heavy atom. The minimum atomic E-state index is -0.316. The monoisotopic (exact) mass is 488 g/mol. The highest BCUT2D eigenvalue weighted by Crippen LogP contribution is 2.35. The molecule has 4 aromatic rings. The van der Waals surface area contributed by atoms with Gasteiger partial charge in [0, 0.05) is 24.4 Å². The van der Waals surface area contributed by atoms with Gasteiger partial charge < -0.3 is 19.7 Å². The molecule has 0 spiro atoms. The SMILES string of the molecule is COc1ccc(-c2nn(-c3ccccc3)cc2C(=O)NCC(c2cccc(F)c2)N(C)C)c(OC)c1. The molecule has 1 N–H and O–H groups in total. The first-order valence-corrected chi connectivity index (χ1v) is 11.5. The van der Waals surface area contributed by atoms with Crippen molar-refractivity contribution in [3.8, 4) is 28.4 Å². The Morgan fingerprint density at radius 1 is 1.03 bits per heavy atom. The molecule has 0 aliphatic rings. The third kappa shape index (κ3) is 5.39. The molecule has 8 heteroatoms. The van der Waals surface area contributed by atoms with Crippen LogP contribution in [0.1, 0.15) is 22.0 Å². The average Bonchev–Trinajstić information content (AvgIpc) is 3.34. The van der Waals surface area contributed by atoms with Gasteiger partial charge in [0.15, 0.2) is 0 Å². The van der Waals surface area contributed by atoms with Crippen LogP contribution in [0.3, 0.4) is 0 Å². The molecule has 1 aromatic heterocycles. The van der Waals surface area contributed by atoms with E-state index in [1.807, 2.05) is 61.5 Å². The molecule has 1 heterocycles. The van der Waals surface area contributed by atoms with Crippen LogP contribution in [0.15, 0.2) is 79.0 Å². The molecular weight excluding hydrogens is 459 g/mol. The molecule has 186 valence electrons. The van der Waals surface area contributed by atoms with Crippen LogP contribution in [0.2, 0.25) is 0 Å². The van der Waals surface area contributed by atoms with Gasteiger partial charge in [-0.3, -0.25) is 4.79 Å². The largest absolute Gasteiger partial charge is 0.497 e. The van der Waals surface area contributed by atoms with E-state index in [1.165, 1.54) is 12.1 Å². The molecule has 0 saturated carbocycles. The topological polar surface area (TPSA) is 68.6 Å². The van der Waals surface area contributed by atoms with Crippen molar-refractivity contribution in [2.45, 2.75) is 6.04 Å². The van der Waals surface area contributed by atoms with E-state index in [9.17, 15) is 9.18 Å². The Balaban J connectivity index is 1.70. The summed E-state index contributed by atoms with van der Waals surface area (Å²) in [6.07, 6.45) is 1.70. The van der Waals surface area contributed by atoms with Crippen LogP contribution >= 0.6 is 0 Å². The standard InChI is InChI=1S/C28H29FN4O3/c1-32(2)25(19-9-8-10-20(29)15-19)17-30-28(34)24-18-33(21-11-6-5-7-12-21)31-27(24)23-14-13-22(35-3)16-26(23)36-4/h5-16,18,25H,17H2,1-4H3,(H,30,34). The lowest BCUT2D eigenvalue weighted by atomic mass is 10.0. The van der Waals surface area contributed by atoms with Crippen molar-refractivity contribution in [2.24, 2.45) is 0 Å². The number of halogens is 1. The second-order valence-electron chi connectivity index (χ2n) is 8.48. The van der Waals surface area contributed by atoms with Crippen LogP contribution in [-0.4, -0.2) is 55.4 Å². The minimum Gasteiger partial charge on any atom is -0.497 e. The number of carbonyl (C=O) groups is 1. The maximum Gasteiger partial charge on any atom is 0.255 e. The van der Waals surface area contributed by atoms with Crippen LogP contribution in [0, 0.1) is 5.82 Å². The van der Waals surface area contributed by atoms with E-state index in [4.69, 9.17) is 14.6 Å². The zero-order valence-electron chi connectivity index (χ0n) is 20.7. The van der Waals surface area contributed by atoms with Crippen molar-refractivity contribution in [1.29, 1.82) is 0 Å². The fourth-order valence-corrected chi connectivity index (χ4v) is 4.04. The van der Waals surface area contributed by atoms with E-state index >= 15 is 0 Å². The lowest BCUT2D eigenvalue weighted by Gasteiger charge is -2.25. The summed E-state index contributed by atoms with van der Waals surface area (Å²) < 4.78 is 26.4. The third-order valence-corrected chi connectivity index (χ3v) is 5.96. The van der Waals surface area contributed by atoms with E-state index in [2.05, 4.69) is 5.32 Å². The number of amides is 1. The summed E-state index contributed by atoms with van der Waals surface area (Å²) in [7, 11) is 6.93. The summed E-state index contributed by atoms with van der Waals surface area (Å²) in [6, 6.07) is 21.1. The van der Waals surface area contributed by atoms with Gasteiger partial charge in [0.2, 0.25) is 0 Å². The van der Waals surface area contributed by atoms with E-state index in [1.54, 1.807) is 43.3 Å². The molecule has 3 aromatic carbocycles. The molecule has 4 rings (SSSR count). The Labute approximate surface area is 210 Å². The number of hydrogen-bond donors (Lipinski definition) is 1. The number of nitrogens with one attached hydrogen (secondary N) is 1. The first-order valence-electron chi connectivity index (χ1n) is 11.5. The van der Waals surface area contributed by atoms with Crippen LogP contribution in [-0.2, 0) is 0 Å². The number of aromatic nitrogens is 2. The molecule has 0 fully saturated rings. The predicted octanol–water partition coefficient (Wildman–Crippen LogP) is 4.73. The maximum atomic E-state index is 13.8. The third-order valence-electron chi connectivity index (χ3n) is 5.96. The number of rotatable bonds is 9. The summed E-state index contributed by atoms with van der Waals surface area (Å²) in [5.74, 6) is 0.553. The van der Waals surface area contributed by atoms with E-state index in [0.29, 0.717) is 28.3 Å². The Hall–Kier alpha value is -4.17. The number of ether oxygens (including phenoxy) is 2. The van der Waals surface area contributed by atoms with Crippen molar-refractivity contribution < 1.29 is 18.7 Å². The number of methoxy groups -OCH3 is 2.